The lowest BCUT2D eigenvalue weighted by molar-refractivity contribution is 0.0420. The number of hydrogen-bond acceptors (Lipinski definition) is 4. The van der Waals surface area contributed by atoms with E-state index in [0.717, 1.165) is 57.4 Å². The summed E-state index contributed by atoms with van der Waals surface area (Å²) in [5.41, 5.74) is 2.24. The van der Waals surface area contributed by atoms with Crippen LogP contribution in [0.4, 0.5) is 0 Å². The summed E-state index contributed by atoms with van der Waals surface area (Å²) in [4.78, 5) is 4.26. The van der Waals surface area contributed by atoms with E-state index in [1.165, 1.54) is 5.56 Å². The Morgan fingerprint density at radius 1 is 1.33 bits per heavy atom. The maximum absolute atomic E-state index is 5.76. The highest BCUT2D eigenvalue weighted by Gasteiger charge is 2.15. The van der Waals surface area contributed by atoms with E-state index in [4.69, 9.17) is 9.47 Å². The summed E-state index contributed by atoms with van der Waals surface area (Å²) in [6.07, 6.45) is 5.93. The number of ether oxygens (including phenoxy) is 2. The Labute approximate surface area is 177 Å². The maximum atomic E-state index is 5.76. The Morgan fingerprint density at radius 2 is 2.19 bits per heavy atom. The fourth-order valence-electron chi connectivity index (χ4n) is 2.77. The van der Waals surface area contributed by atoms with Crippen molar-refractivity contribution in [3.05, 3.63) is 48.3 Å². The second kappa shape index (κ2) is 11.9. The molecule has 1 saturated heterocycles. The smallest absolute Gasteiger partial charge is 0.191 e. The standard InChI is InChI=1S/C19H27N5O2.HI/c1-20-19(21-9-3-12-26-18-8-13-25-15-18)22-14-16-4-6-17(7-5-16)24-11-2-10-23-24;/h2,4-7,10-11,18H,3,8-9,12-15H2,1H3,(H2,20,21,22);1H. The Balaban J connectivity index is 0.00000261. The summed E-state index contributed by atoms with van der Waals surface area (Å²) < 4.78 is 12.9. The molecule has 0 amide bonds. The SMILES string of the molecule is CN=C(NCCCOC1CCOC1)NCc1ccc(-n2cccn2)cc1.I. The molecule has 1 aliphatic rings. The van der Waals surface area contributed by atoms with E-state index in [1.54, 1.807) is 13.2 Å². The third kappa shape index (κ3) is 7.11. The molecule has 0 bridgehead atoms. The topological polar surface area (TPSA) is 72.7 Å². The van der Waals surface area contributed by atoms with Crippen LogP contribution in [-0.4, -0.2) is 55.3 Å². The van der Waals surface area contributed by atoms with Crippen LogP contribution in [0.5, 0.6) is 0 Å². The third-order valence-corrected chi connectivity index (χ3v) is 4.24. The minimum Gasteiger partial charge on any atom is -0.379 e. The lowest BCUT2D eigenvalue weighted by Crippen LogP contribution is -2.37. The molecular weight excluding hydrogens is 457 g/mol. The molecule has 148 valence electrons. The van der Waals surface area contributed by atoms with E-state index in [2.05, 4.69) is 45.0 Å². The molecule has 0 saturated carbocycles. The van der Waals surface area contributed by atoms with Crippen LogP contribution in [0.1, 0.15) is 18.4 Å². The molecule has 2 N–H and O–H groups in total. The Bertz CT molecular complexity index is 670. The lowest BCUT2D eigenvalue weighted by atomic mass is 10.2. The van der Waals surface area contributed by atoms with Crippen molar-refractivity contribution in [1.82, 2.24) is 20.4 Å². The van der Waals surface area contributed by atoms with Gasteiger partial charge in [0.15, 0.2) is 5.96 Å². The average molecular weight is 485 g/mol. The van der Waals surface area contributed by atoms with Crippen molar-refractivity contribution in [2.24, 2.45) is 4.99 Å². The highest BCUT2D eigenvalue weighted by atomic mass is 127. The predicted octanol–water partition coefficient (Wildman–Crippen LogP) is 2.35. The number of rotatable bonds is 8. The Kier molecular flexibility index (Phi) is 9.57. The molecule has 3 rings (SSSR count). The van der Waals surface area contributed by atoms with Crippen LogP contribution in [0, 0.1) is 0 Å². The zero-order chi connectivity index (χ0) is 18.0. The molecule has 0 radical (unpaired) electrons. The van der Waals surface area contributed by atoms with Crippen LogP contribution in [0.2, 0.25) is 0 Å². The van der Waals surface area contributed by atoms with Gasteiger partial charge in [0.2, 0.25) is 0 Å². The number of aromatic nitrogens is 2. The van der Waals surface area contributed by atoms with Crippen LogP contribution in [0.3, 0.4) is 0 Å². The molecular formula is C19H28IN5O2. The van der Waals surface area contributed by atoms with Crippen molar-refractivity contribution < 1.29 is 9.47 Å². The molecule has 1 unspecified atom stereocenters. The molecule has 1 fully saturated rings. The van der Waals surface area contributed by atoms with Gasteiger partial charge in [0, 0.05) is 45.7 Å². The monoisotopic (exact) mass is 485 g/mol. The zero-order valence-electron chi connectivity index (χ0n) is 15.6. The first-order chi connectivity index (χ1) is 12.8. The molecule has 1 aromatic heterocycles. The number of benzene rings is 1. The number of nitrogens with zero attached hydrogens (tertiary/aromatic N) is 3. The van der Waals surface area contributed by atoms with Gasteiger partial charge in [-0.1, -0.05) is 12.1 Å². The van der Waals surface area contributed by atoms with Crippen molar-refractivity contribution in [3.8, 4) is 5.69 Å². The quantitative estimate of drug-likeness (QED) is 0.260. The number of aliphatic imine (C=N–C) groups is 1. The van der Waals surface area contributed by atoms with Crippen molar-refractivity contribution in [2.45, 2.75) is 25.5 Å². The summed E-state index contributed by atoms with van der Waals surface area (Å²) in [6, 6.07) is 10.2. The number of halogens is 1. The largest absolute Gasteiger partial charge is 0.379 e. The molecule has 1 aromatic carbocycles. The first-order valence-electron chi connectivity index (χ1n) is 9.08. The maximum Gasteiger partial charge on any atom is 0.191 e. The molecule has 2 heterocycles. The molecule has 0 spiro atoms. The highest BCUT2D eigenvalue weighted by molar-refractivity contribution is 14.0. The molecule has 0 aliphatic carbocycles. The van der Waals surface area contributed by atoms with E-state index in [0.29, 0.717) is 0 Å². The summed E-state index contributed by atoms with van der Waals surface area (Å²) >= 11 is 0. The number of guanidine groups is 1. The van der Waals surface area contributed by atoms with Gasteiger partial charge in [-0.3, -0.25) is 4.99 Å². The lowest BCUT2D eigenvalue weighted by Gasteiger charge is -2.13. The van der Waals surface area contributed by atoms with Gasteiger partial charge in [0.1, 0.15) is 0 Å². The molecule has 27 heavy (non-hydrogen) atoms. The second-order valence-corrected chi connectivity index (χ2v) is 6.18. The Morgan fingerprint density at radius 3 is 2.85 bits per heavy atom. The molecule has 1 aliphatic heterocycles. The summed E-state index contributed by atoms with van der Waals surface area (Å²) in [6.45, 7) is 3.84. The van der Waals surface area contributed by atoms with Crippen LogP contribution in [-0.2, 0) is 16.0 Å². The zero-order valence-corrected chi connectivity index (χ0v) is 18.0. The van der Waals surface area contributed by atoms with Gasteiger partial charge in [-0.15, -0.1) is 24.0 Å². The van der Waals surface area contributed by atoms with E-state index >= 15 is 0 Å². The van der Waals surface area contributed by atoms with Crippen molar-refractivity contribution in [3.63, 3.8) is 0 Å². The van der Waals surface area contributed by atoms with Gasteiger partial charge in [-0.2, -0.15) is 5.10 Å². The number of nitrogens with one attached hydrogen (secondary N) is 2. The van der Waals surface area contributed by atoms with Gasteiger partial charge in [-0.25, -0.2) is 4.68 Å². The summed E-state index contributed by atoms with van der Waals surface area (Å²) in [5, 5.41) is 10.9. The van der Waals surface area contributed by atoms with Crippen molar-refractivity contribution in [1.29, 1.82) is 0 Å². The van der Waals surface area contributed by atoms with E-state index < -0.39 is 0 Å². The van der Waals surface area contributed by atoms with Gasteiger partial charge in [0.25, 0.3) is 0 Å². The third-order valence-electron chi connectivity index (χ3n) is 4.24. The first kappa shape index (κ1) is 21.6. The van der Waals surface area contributed by atoms with E-state index in [1.807, 2.05) is 16.9 Å². The minimum absolute atomic E-state index is 0. The average Bonchev–Trinajstić information content (AvgIpc) is 3.38. The second-order valence-electron chi connectivity index (χ2n) is 6.18. The normalized spacial score (nSPS) is 16.8. The van der Waals surface area contributed by atoms with Gasteiger partial charge < -0.3 is 20.1 Å². The molecule has 1 atom stereocenters. The van der Waals surface area contributed by atoms with Crippen LogP contribution in [0.15, 0.2) is 47.7 Å². The van der Waals surface area contributed by atoms with Crippen LogP contribution < -0.4 is 10.6 Å². The van der Waals surface area contributed by atoms with Crippen LogP contribution in [0.25, 0.3) is 5.69 Å². The molecule has 8 heteroatoms. The summed E-state index contributed by atoms with van der Waals surface area (Å²) in [5.74, 6) is 0.797. The van der Waals surface area contributed by atoms with Crippen LogP contribution >= 0.6 is 24.0 Å². The van der Waals surface area contributed by atoms with E-state index in [-0.39, 0.29) is 30.1 Å². The highest BCUT2D eigenvalue weighted by Crippen LogP contribution is 2.09. The fourth-order valence-corrected chi connectivity index (χ4v) is 2.77. The Hall–Kier alpha value is -1.65. The summed E-state index contributed by atoms with van der Waals surface area (Å²) in [7, 11) is 1.78. The van der Waals surface area contributed by atoms with Gasteiger partial charge in [0.05, 0.1) is 18.4 Å². The fraction of sp³-hybridized carbons (Fsp3) is 0.474. The van der Waals surface area contributed by atoms with Crippen molar-refractivity contribution in [2.75, 3.05) is 33.4 Å². The minimum atomic E-state index is 0. The van der Waals surface area contributed by atoms with Gasteiger partial charge in [-0.05, 0) is 36.6 Å². The van der Waals surface area contributed by atoms with E-state index in [9.17, 15) is 0 Å². The number of hydrogen-bond donors (Lipinski definition) is 2. The first-order valence-corrected chi connectivity index (χ1v) is 9.08. The van der Waals surface area contributed by atoms with Crippen molar-refractivity contribution >= 4 is 29.9 Å². The van der Waals surface area contributed by atoms with Gasteiger partial charge >= 0.3 is 0 Å². The predicted molar refractivity (Wildman–Crippen MR) is 117 cm³/mol. The molecule has 2 aromatic rings. The molecule has 7 nitrogen and oxygen atoms in total.